The number of halogens is 1. The number of hydrogen-bond acceptors (Lipinski definition) is 4. The molecule has 0 saturated carbocycles. The van der Waals surface area contributed by atoms with E-state index in [4.69, 9.17) is 9.26 Å². The molecule has 112 valence electrons. The van der Waals surface area contributed by atoms with Crippen LogP contribution in [-0.4, -0.2) is 10.1 Å². The molecule has 1 aromatic heterocycles. The van der Waals surface area contributed by atoms with E-state index in [9.17, 15) is 0 Å². The highest BCUT2D eigenvalue weighted by atomic mass is 79.9. The lowest BCUT2D eigenvalue weighted by Crippen LogP contribution is -2.03. The molecule has 0 radical (unpaired) electrons. The van der Waals surface area contributed by atoms with E-state index in [2.05, 4.69) is 26.1 Å². The molecule has 0 aliphatic rings. The minimum Gasteiger partial charge on any atom is -0.481 e. The van der Waals surface area contributed by atoms with Crippen LogP contribution < -0.4 is 4.74 Å². The van der Waals surface area contributed by atoms with Crippen LogP contribution in [0.4, 0.5) is 0 Å². The van der Waals surface area contributed by atoms with Gasteiger partial charge in [0.1, 0.15) is 5.75 Å². The maximum absolute atomic E-state index is 5.85. The van der Waals surface area contributed by atoms with E-state index in [1.54, 1.807) is 0 Å². The number of ether oxygens (including phenoxy) is 1. The SMILES string of the molecule is Cc1cccc(O[C@@H](C)c2nc(-c3ccc(Br)cc3)no2)c1. The molecule has 0 N–H and O–H groups in total. The maximum Gasteiger partial charge on any atom is 0.267 e. The molecule has 3 aromatic rings. The first-order valence-electron chi connectivity index (χ1n) is 6.95. The van der Waals surface area contributed by atoms with Gasteiger partial charge in [0, 0.05) is 10.0 Å². The second-order valence-electron chi connectivity index (χ2n) is 5.04. The summed E-state index contributed by atoms with van der Waals surface area (Å²) in [4.78, 5) is 4.41. The summed E-state index contributed by atoms with van der Waals surface area (Å²) in [5.74, 6) is 1.80. The molecule has 0 amide bonds. The van der Waals surface area contributed by atoms with Crippen molar-refractivity contribution in [3.63, 3.8) is 0 Å². The van der Waals surface area contributed by atoms with Gasteiger partial charge in [0.05, 0.1) is 0 Å². The molecule has 1 heterocycles. The lowest BCUT2D eigenvalue weighted by Gasteiger charge is -2.10. The Labute approximate surface area is 137 Å². The van der Waals surface area contributed by atoms with Gasteiger partial charge in [-0.05, 0) is 55.8 Å². The van der Waals surface area contributed by atoms with Crippen LogP contribution in [0.5, 0.6) is 5.75 Å². The van der Waals surface area contributed by atoms with Crippen molar-refractivity contribution in [2.45, 2.75) is 20.0 Å². The lowest BCUT2D eigenvalue weighted by molar-refractivity contribution is 0.175. The van der Waals surface area contributed by atoms with Gasteiger partial charge < -0.3 is 9.26 Å². The highest BCUT2D eigenvalue weighted by molar-refractivity contribution is 9.10. The smallest absolute Gasteiger partial charge is 0.267 e. The summed E-state index contributed by atoms with van der Waals surface area (Å²) < 4.78 is 12.2. The molecule has 2 aromatic carbocycles. The Morgan fingerprint density at radius 1 is 1.14 bits per heavy atom. The van der Waals surface area contributed by atoms with Crippen LogP contribution in [0.1, 0.15) is 24.5 Å². The van der Waals surface area contributed by atoms with Crippen molar-refractivity contribution in [1.82, 2.24) is 10.1 Å². The van der Waals surface area contributed by atoms with Crippen molar-refractivity contribution in [3.05, 3.63) is 64.5 Å². The van der Waals surface area contributed by atoms with E-state index in [-0.39, 0.29) is 6.10 Å². The fourth-order valence-electron chi connectivity index (χ4n) is 2.06. The minimum absolute atomic E-state index is 0.307. The predicted octanol–water partition coefficient (Wildman–Crippen LogP) is 4.95. The van der Waals surface area contributed by atoms with Crippen LogP contribution in [0.25, 0.3) is 11.4 Å². The Balaban J connectivity index is 1.76. The lowest BCUT2D eigenvalue weighted by atomic mass is 10.2. The number of nitrogens with zero attached hydrogens (tertiary/aromatic N) is 2. The summed E-state index contributed by atoms with van der Waals surface area (Å²) in [6.45, 7) is 3.91. The predicted molar refractivity (Wildman–Crippen MR) is 87.7 cm³/mol. The van der Waals surface area contributed by atoms with Crippen LogP contribution in [0.3, 0.4) is 0 Å². The van der Waals surface area contributed by atoms with Crippen molar-refractivity contribution in [1.29, 1.82) is 0 Å². The monoisotopic (exact) mass is 358 g/mol. The van der Waals surface area contributed by atoms with Crippen molar-refractivity contribution in [2.75, 3.05) is 0 Å². The summed E-state index contributed by atoms with van der Waals surface area (Å²) in [7, 11) is 0. The van der Waals surface area contributed by atoms with E-state index >= 15 is 0 Å². The second-order valence-corrected chi connectivity index (χ2v) is 5.96. The molecule has 4 nitrogen and oxygen atoms in total. The van der Waals surface area contributed by atoms with E-state index in [1.165, 1.54) is 0 Å². The second kappa shape index (κ2) is 6.32. The highest BCUT2D eigenvalue weighted by Crippen LogP contribution is 2.24. The van der Waals surface area contributed by atoms with Crippen LogP contribution in [-0.2, 0) is 0 Å². The fraction of sp³-hybridized carbons (Fsp3) is 0.176. The summed E-state index contributed by atoms with van der Waals surface area (Å²) in [6.07, 6.45) is -0.307. The molecule has 0 unspecified atom stereocenters. The van der Waals surface area contributed by atoms with Crippen LogP contribution >= 0.6 is 15.9 Å². The van der Waals surface area contributed by atoms with Crippen molar-refractivity contribution >= 4 is 15.9 Å². The molecule has 0 saturated heterocycles. The van der Waals surface area contributed by atoms with Gasteiger partial charge in [-0.1, -0.05) is 33.2 Å². The molecule has 3 rings (SSSR count). The Bertz CT molecular complexity index is 768. The third kappa shape index (κ3) is 3.36. The molecule has 0 bridgehead atoms. The quantitative estimate of drug-likeness (QED) is 0.662. The summed E-state index contributed by atoms with van der Waals surface area (Å²) in [6, 6.07) is 15.6. The number of hydrogen-bond donors (Lipinski definition) is 0. The maximum atomic E-state index is 5.85. The van der Waals surface area contributed by atoms with Crippen LogP contribution in [0.2, 0.25) is 0 Å². The molecule has 22 heavy (non-hydrogen) atoms. The molecular weight excluding hydrogens is 344 g/mol. The molecule has 1 atom stereocenters. The van der Waals surface area contributed by atoms with Gasteiger partial charge in [0.2, 0.25) is 5.82 Å². The molecule has 0 aliphatic heterocycles. The van der Waals surface area contributed by atoms with E-state index in [0.29, 0.717) is 11.7 Å². The van der Waals surface area contributed by atoms with Crippen LogP contribution in [0.15, 0.2) is 57.5 Å². The van der Waals surface area contributed by atoms with Crippen LogP contribution in [0, 0.1) is 6.92 Å². The Morgan fingerprint density at radius 3 is 2.64 bits per heavy atom. The molecule has 0 fully saturated rings. The zero-order valence-electron chi connectivity index (χ0n) is 12.3. The first-order valence-corrected chi connectivity index (χ1v) is 7.74. The standard InChI is InChI=1S/C17H15BrN2O2/c1-11-4-3-5-15(10-11)21-12(2)17-19-16(20-22-17)13-6-8-14(18)9-7-13/h3-10,12H,1-2H3/t12-/m0/s1. The average Bonchev–Trinajstić information content (AvgIpc) is 2.98. The molecule has 5 heteroatoms. The molecule has 0 spiro atoms. The normalized spacial score (nSPS) is 12.1. The summed E-state index contributed by atoms with van der Waals surface area (Å²) in [5.41, 5.74) is 2.05. The Hall–Kier alpha value is -2.14. The van der Waals surface area contributed by atoms with Gasteiger partial charge >= 0.3 is 0 Å². The highest BCUT2D eigenvalue weighted by Gasteiger charge is 2.16. The zero-order chi connectivity index (χ0) is 15.5. The number of aryl methyl sites for hydroxylation is 1. The molecular formula is C17H15BrN2O2. The van der Waals surface area contributed by atoms with Gasteiger partial charge in [-0.25, -0.2) is 0 Å². The van der Waals surface area contributed by atoms with Gasteiger partial charge in [-0.15, -0.1) is 0 Å². The largest absolute Gasteiger partial charge is 0.481 e. The Morgan fingerprint density at radius 2 is 1.91 bits per heavy atom. The van der Waals surface area contributed by atoms with Crippen molar-refractivity contribution < 1.29 is 9.26 Å². The number of benzene rings is 2. The molecule has 0 aliphatic carbocycles. The third-order valence-corrected chi connectivity index (χ3v) is 3.72. The van der Waals surface area contributed by atoms with E-state index in [0.717, 1.165) is 21.3 Å². The summed E-state index contributed by atoms with van der Waals surface area (Å²) >= 11 is 3.41. The van der Waals surface area contributed by atoms with E-state index < -0.39 is 0 Å². The van der Waals surface area contributed by atoms with Gasteiger partial charge in [0.15, 0.2) is 6.10 Å². The van der Waals surface area contributed by atoms with Gasteiger partial charge in [0.25, 0.3) is 5.89 Å². The minimum atomic E-state index is -0.307. The first-order chi connectivity index (χ1) is 10.6. The fourth-order valence-corrected chi connectivity index (χ4v) is 2.32. The van der Waals surface area contributed by atoms with E-state index in [1.807, 2.05) is 62.4 Å². The third-order valence-electron chi connectivity index (χ3n) is 3.19. The average molecular weight is 359 g/mol. The number of aromatic nitrogens is 2. The summed E-state index contributed by atoms with van der Waals surface area (Å²) in [5, 5.41) is 4.01. The van der Waals surface area contributed by atoms with Gasteiger partial charge in [-0.3, -0.25) is 0 Å². The topological polar surface area (TPSA) is 48.2 Å². The number of rotatable bonds is 4. The Kier molecular flexibility index (Phi) is 4.24. The first kappa shape index (κ1) is 14.8. The van der Waals surface area contributed by atoms with Crippen molar-refractivity contribution in [2.24, 2.45) is 0 Å². The van der Waals surface area contributed by atoms with Crippen molar-refractivity contribution in [3.8, 4) is 17.1 Å². The zero-order valence-corrected chi connectivity index (χ0v) is 13.9. The van der Waals surface area contributed by atoms with Gasteiger partial charge in [-0.2, -0.15) is 4.98 Å².